The Kier molecular flexibility index (Phi) is 3.57. The molecule has 0 amide bonds. The van der Waals surface area contributed by atoms with Gasteiger partial charge in [0.1, 0.15) is 0 Å². The van der Waals surface area contributed by atoms with Crippen molar-refractivity contribution in [3.05, 3.63) is 15.6 Å². The van der Waals surface area contributed by atoms with Crippen LogP contribution in [0.1, 0.15) is 73.0 Å². The first kappa shape index (κ1) is 13.2. The predicted molar refractivity (Wildman–Crippen MR) is 81.3 cm³/mol. The van der Waals surface area contributed by atoms with Crippen molar-refractivity contribution in [2.24, 2.45) is 0 Å². The normalized spacial score (nSPS) is 35.5. The summed E-state index contributed by atoms with van der Waals surface area (Å²) in [7, 11) is 0. The number of ether oxygens (including phenoxy) is 1. The van der Waals surface area contributed by atoms with E-state index in [1.807, 2.05) is 11.3 Å². The third-order valence-corrected chi connectivity index (χ3v) is 6.37. The van der Waals surface area contributed by atoms with E-state index in [1.54, 1.807) is 0 Å². The first-order chi connectivity index (χ1) is 9.85. The van der Waals surface area contributed by atoms with Gasteiger partial charge < -0.3 is 10.1 Å². The Morgan fingerprint density at radius 1 is 1.35 bits per heavy atom. The van der Waals surface area contributed by atoms with E-state index in [1.165, 1.54) is 60.5 Å². The van der Waals surface area contributed by atoms with Crippen LogP contribution in [0.4, 0.5) is 0 Å². The molecule has 2 aliphatic heterocycles. The molecule has 1 N–H and O–H groups in total. The average molecular weight is 292 g/mol. The number of aryl methyl sites for hydroxylation is 1. The number of thiazole rings is 1. The summed E-state index contributed by atoms with van der Waals surface area (Å²) in [6.07, 6.45) is 9.67. The number of rotatable bonds is 4. The Balaban J connectivity index is 1.56. The van der Waals surface area contributed by atoms with E-state index in [-0.39, 0.29) is 0 Å². The molecule has 4 rings (SSSR count). The van der Waals surface area contributed by atoms with Gasteiger partial charge in [-0.1, -0.05) is 6.92 Å². The Morgan fingerprint density at radius 2 is 2.30 bits per heavy atom. The average Bonchev–Trinajstić information content (AvgIpc) is 3.18. The van der Waals surface area contributed by atoms with Crippen LogP contribution in [0.5, 0.6) is 0 Å². The highest BCUT2D eigenvalue weighted by Crippen LogP contribution is 2.47. The van der Waals surface area contributed by atoms with Crippen LogP contribution in [-0.2, 0) is 11.2 Å². The van der Waals surface area contributed by atoms with Crippen LogP contribution in [0.2, 0.25) is 0 Å². The van der Waals surface area contributed by atoms with Crippen LogP contribution in [0.3, 0.4) is 0 Å². The zero-order valence-electron chi connectivity index (χ0n) is 12.2. The second kappa shape index (κ2) is 5.39. The summed E-state index contributed by atoms with van der Waals surface area (Å²) >= 11 is 1.98. The lowest BCUT2D eigenvalue weighted by Crippen LogP contribution is -2.24. The number of fused-ring (bicyclic) bond motifs is 3. The molecule has 0 radical (unpaired) electrons. The van der Waals surface area contributed by atoms with Crippen LogP contribution in [-0.4, -0.2) is 23.7 Å². The fraction of sp³-hybridized carbons (Fsp3) is 0.812. The molecule has 2 fully saturated rings. The largest absolute Gasteiger partial charge is 0.374 e. The van der Waals surface area contributed by atoms with Crippen molar-refractivity contribution >= 4 is 11.3 Å². The third-order valence-electron chi connectivity index (χ3n) is 5.03. The van der Waals surface area contributed by atoms with E-state index >= 15 is 0 Å². The summed E-state index contributed by atoms with van der Waals surface area (Å²) in [5.74, 6) is 0.594. The Bertz CT molecular complexity index is 487. The van der Waals surface area contributed by atoms with E-state index in [2.05, 4.69) is 12.2 Å². The van der Waals surface area contributed by atoms with Crippen molar-refractivity contribution in [3.63, 3.8) is 0 Å². The molecular weight excluding hydrogens is 268 g/mol. The molecule has 0 aromatic carbocycles. The van der Waals surface area contributed by atoms with Gasteiger partial charge in [-0.25, -0.2) is 4.98 Å². The van der Waals surface area contributed by atoms with Gasteiger partial charge in [0, 0.05) is 16.8 Å². The van der Waals surface area contributed by atoms with E-state index in [9.17, 15) is 0 Å². The van der Waals surface area contributed by atoms with Crippen molar-refractivity contribution < 1.29 is 4.74 Å². The van der Waals surface area contributed by atoms with Crippen molar-refractivity contribution in [1.82, 2.24) is 10.3 Å². The molecule has 1 aromatic heterocycles. The molecule has 4 atom stereocenters. The molecular formula is C16H24N2OS. The van der Waals surface area contributed by atoms with Crippen LogP contribution in [0, 0.1) is 0 Å². The monoisotopic (exact) mass is 292 g/mol. The summed E-state index contributed by atoms with van der Waals surface area (Å²) in [4.78, 5) is 6.54. The smallest absolute Gasteiger partial charge is 0.0989 e. The minimum absolute atomic E-state index is 0.467. The summed E-state index contributed by atoms with van der Waals surface area (Å²) in [5, 5.41) is 5.07. The molecule has 1 aromatic rings. The first-order valence-corrected chi connectivity index (χ1v) is 9.05. The molecule has 0 saturated carbocycles. The summed E-state index contributed by atoms with van der Waals surface area (Å²) < 4.78 is 6.01. The van der Waals surface area contributed by atoms with Crippen molar-refractivity contribution in [2.75, 3.05) is 6.54 Å². The summed E-state index contributed by atoms with van der Waals surface area (Å²) in [6, 6.07) is 0.560. The van der Waals surface area contributed by atoms with Crippen molar-refractivity contribution in [2.45, 2.75) is 76.0 Å². The summed E-state index contributed by atoms with van der Waals surface area (Å²) in [5.41, 5.74) is 1.38. The number of nitrogens with one attached hydrogen (secondary N) is 1. The minimum Gasteiger partial charge on any atom is -0.374 e. The zero-order chi connectivity index (χ0) is 13.5. The van der Waals surface area contributed by atoms with E-state index < -0.39 is 0 Å². The maximum absolute atomic E-state index is 6.01. The topological polar surface area (TPSA) is 34.2 Å². The van der Waals surface area contributed by atoms with E-state index in [0.717, 1.165) is 6.54 Å². The molecule has 2 saturated heterocycles. The van der Waals surface area contributed by atoms with Gasteiger partial charge in [-0.05, 0) is 51.5 Å². The lowest BCUT2D eigenvalue weighted by atomic mass is 9.90. The molecule has 3 heterocycles. The highest BCUT2D eigenvalue weighted by Gasteiger charge is 2.43. The maximum Gasteiger partial charge on any atom is 0.0989 e. The Hall–Kier alpha value is -0.450. The molecule has 0 spiro atoms. The van der Waals surface area contributed by atoms with Gasteiger partial charge in [-0.3, -0.25) is 0 Å². The molecule has 3 nitrogen and oxygen atoms in total. The predicted octanol–water partition coefficient (Wildman–Crippen LogP) is 3.56. The zero-order valence-corrected chi connectivity index (χ0v) is 13.0. The highest BCUT2D eigenvalue weighted by atomic mass is 32.1. The fourth-order valence-corrected chi connectivity index (χ4v) is 5.40. The summed E-state index contributed by atoms with van der Waals surface area (Å²) in [6.45, 7) is 3.36. The highest BCUT2D eigenvalue weighted by molar-refractivity contribution is 7.12. The van der Waals surface area contributed by atoms with Crippen molar-refractivity contribution in [3.8, 4) is 0 Å². The van der Waals surface area contributed by atoms with Gasteiger partial charge in [0.2, 0.25) is 0 Å². The molecule has 4 unspecified atom stereocenters. The SMILES string of the molecule is CCCNC1CCCc2nc(C3CC4CCC3O4)sc21. The molecule has 1 aliphatic carbocycles. The number of hydrogen-bond acceptors (Lipinski definition) is 4. The molecule has 3 aliphatic rings. The van der Waals surface area contributed by atoms with Gasteiger partial charge in [-0.2, -0.15) is 0 Å². The Labute approximate surface area is 125 Å². The van der Waals surface area contributed by atoms with Gasteiger partial charge >= 0.3 is 0 Å². The molecule has 4 heteroatoms. The molecule has 20 heavy (non-hydrogen) atoms. The Morgan fingerprint density at radius 3 is 3.05 bits per heavy atom. The van der Waals surface area contributed by atoms with Crippen molar-refractivity contribution in [1.29, 1.82) is 0 Å². The van der Waals surface area contributed by atoms with Crippen LogP contribution >= 0.6 is 11.3 Å². The fourth-order valence-electron chi connectivity index (χ4n) is 4.01. The number of hydrogen-bond donors (Lipinski definition) is 1. The second-order valence-corrected chi connectivity index (χ2v) is 7.54. The minimum atomic E-state index is 0.467. The van der Waals surface area contributed by atoms with Crippen LogP contribution in [0.15, 0.2) is 0 Å². The van der Waals surface area contributed by atoms with Gasteiger partial charge in [0.15, 0.2) is 0 Å². The van der Waals surface area contributed by atoms with Gasteiger partial charge in [0.05, 0.1) is 22.9 Å². The molecule has 2 bridgehead atoms. The van der Waals surface area contributed by atoms with Crippen LogP contribution in [0.25, 0.3) is 0 Å². The van der Waals surface area contributed by atoms with Gasteiger partial charge in [-0.15, -0.1) is 11.3 Å². The first-order valence-electron chi connectivity index (χ1n) is 8.23. The standard InChI is InChI=1S/C16H24N2OS/c1-2-8-17-12-4-3-5-13-15(12)20-16(18-13)11-9-10-6-7-14(11)19-10/h10-12,14,17H,2-9H2,1H3. The quantitative estimate of drug-likeness (QED) is 0.921. The molecule has 110 valence electrons. The third kappa shape index (κ3) is 2.22. The van der Waals surface area contributed by atoms with Gasteiger partial charge in [0.25, 0.3) is 0 Å². The maximum atomic E-state index is 6.01. The van der Waals surface area contributed by atoms with E-state index in [4.69, 9.17) is 9.72 Å². The van der Waals surface area contributed by atoms with E-state index in [0.29, 0.717) is 24.2 Å². The lowest BCUT2D eigenvalue weighted by molar-refractivity contribution is 0.100. The second-order valence-electron chi connectivity index (χ2n) is 6.48. The lowest BCUT2D eigenvalue weighted by Gasteiger charge is -2.22. The number of aromatic nitrogens is 1. The number of nitrogens with zero attached hydrogens (tertiary/aromatic N) is 1. The van der Waals surface area contributed by atoms with Crippen LogP contribution < -0.4 is 5.32 Å².